The minimum Gasteiger partial charge on any atom is -0.478 e. The second-order valence-electron chi connectivity index (χ2n) is 5.04. The van der Waals surface area contributed by atoms with Crippen molar-refractivity contribution in [2.45, 2.75) is 6.92 Å². The molecule has 0 saturated heterocycles. The van der Waals surface area contributed by atoms with E-state index in [4.69, 9.17) is 9.47 Å². The molecule has 0 unspecified atom stereocenters. The number of nitrogens with one attached hydrogen (secondary N) is 1. The first-order chi connectivity index (χ1) is 12.3. The number of para-hydroxylation sites is 3. The Morgan fingerprint density at radius 2 is 1.80 bits per heavy atom. The second-order valence-corrected chi connectivity index (χ2v) is 5.04. The van der Waals surface area contributed by atoms with E-state index in [9.17, 15) is 4.79 Å². The predicted octanol–water partition coefficient (Wildman–Crippen LogP) is 3.92. The van der Waals surface area contributed by atoms with Gasteiger partial charge in [-0.05, 0) is 31.2 Å². The largest absolute Gasteiger partial charge is 0.478 e. The summed E-state index contributed by atoms with van der Waals surface area (Å²) in [6.07, 6.45) is 1.30. The Labute approximate surface area is 145 Å². The van der Waals surface area contributed by atoms with Gasteiger partial charge in [0.15, 0.2) is 5.75 Å². The molecule has 0 aliphatic rings. The maximum Gasteiger partial charge on any atom is 0.274 e. The predicted molar refractivity (Wildman–Crippen MR) is 94.1 cm³/mol. The van der Waals surface area contributed by atoms with Gasteiger partial charge in [0.05, 0.1) is 12.3 Å². The van der Waals surface area contributed by atoms with Gasteiger partial charge < -0.3 is 14.8 Å². The lowest BCUT2D eigenvalue weighted by Crippen LogP contribution is -2.14. The van der Waals surface area contributed by atoms with E-state index in [1.54, 1.807) is 12.1 Å². The summed E-state index contributed by atoms with van der Waals surface area (Å²) in [6, 6.07) is 18.1. The van der Waals surface area contributed by atoms with Crippen LogP contribution in [-0.2, 0) is 0 Å². The van der Waals surface area contributed by atoms with Crippen molar-refractivity contribution in [3.8, 4) is 17.4 Å². The summed E-state index contributed by atoms with van der Waals surface area (Å²) >= 11 is 0. The maximum absolute atomic E-state index is 12.5. The fourth-order valence-electron chi connectivity index (χ4n) is 2.15. The Morgan fingerprint density at radius 3 is 2.60 bits per heavy atom. The van der Waals surface area contributed by atoms with Crippen LogP contribution in [-0.4, -0.2) is 22.5 Å². The molecule has 1 amide bonds. The van der Waals surface area contributed by atoms with Gasteiger partial charge >= 0.3 is 0 Å². The number of rotatable bonds is 6. The van der Waals surface area contributed by atoms with Crippen molar-refractivity contribution in [2.75, 3.05) is 11.9 Å². The van der Waals surface area contributed by atoms with E-state index in [1.165, 1.54) is 12.4 Å². The molecule has 0 spiro atoms. The Hall–Kier alpha value is -3.41. The van der Waals surface area contributed by atoms with Crippen molar-refractivity contribution in [1.82, 2.24) is 9.97 Å². The Balaban J connectivity index is 1.78. The highest BCUT2D eigenvalue weighted by Crippen LogP contribution is 2.29. The van der Waals surface area contributed by atoms with Crippen LogP contribution in [0.25, 0.3) is 0 Å². The summed E-state index contributed by atoms with van der Waals surface area (Å²) in [7, 11) is 0. The maximum atomic E-state index is 12.5. The average molecular weight is 335 g/mol. The third-order valence-corrected chi connectivity index (χ3v) is 3.27. The lowest BCUT2D eigenvalue weighted by molar-refractivity contribution is 0.102. The van der Waals surface area contributed by atoms with Crippen LogP contribution in [0.2, 0.25) is 0 Å². The zero-order valence-electron chi connectivity index (χ0n) is 13.7. The van der Waals surface area contributed by atoms with E-state index >= 15 is 0 Å². The number of aromatic nitrogens is 2. The summed E-state index contributed by atoms with van der Waals surface area (Å²) in [5.41, 5.74) is 0.765. The quantitative estimate of drug-likeness (QED) is 0.739. The van der Waals surface area contributed by atoms with Crippen LogP contribution in [0, 0.1) is 0 Å². The zero-order valence-corrected chi connectivity index (χ0v) is 13.7. The normalized spacial score (nSPS) is 10.1. The van der Waals surface area contributed by atoms with E-state index in [2.05, 4.69) is 15.3 Å². The molecule has 1 aromatic heterocycles. The third kappa shape index (κ3) is 4.32. The van der Waals surface area contributed by atoms with E-state index in [1.807, 2.05) is 49.4 Å². The van der Waals surface area contributed by atoms with Crippen molar-refractivity contribution in [3.63, 3.8) is 0 Å². The van der Waals surface area contributed by atoms with Crippen LogP contribution in [0.4, 0.5) is 5.69 Å². The Bertz CT molecular complexity index is 853. The molecule has 126 valence electrons. The van der Waals surface area contributed by atoms with Crippen LogP contribution in [0.15, 0.2) is 67.0 Å². The first-order valence-electron chi connectivity index (χ1n) is 7.84. The van der Waals surface area contributed by atoms with Gasteiger partial charge in [0.1, 0.15) is 17.8 Å². The van der Waals surface area contributed by atoms with Crippen molar-refractivity contribution in [1.29, 1.82) is 0 Å². The van der Waals surface area contributed by atoms with Gasteiger partial charge in [-0.25, -0.2) is 9.97 Å². The molecule has 3 rings (SSSR count). The number of anilines is 1. The van der Waals surface area contributed by atoms with Gasteiger partial charge in [0, 0.05) is 6.07 Å². The molecule has 2 aromatic carbocycles. The number of hydrogen-bond donors (Lipinski definition) is 1. The summed E-state index contributed by atoms with van der Waals surface area (Å²) in [5, 5.41) is 2.81. The molecule has 3 aromatic rings. The lowest BCUT2D eigenvalue weighted by atomic mass is 10.2. The molecule has 6 heteroatoms. The summed E-state index contributed by atoms with van der Waals surface area (Å²) in [5.74, 6) is 1.22. The Kier molecular flexibility index (Phi) is 5.21. The first-order valence-corrected chi connectivity index (χ1v) is 7.84. The fourth-order valence-corrected chi connectivity index (χ4v) is 2.15. The van der Waals surface area contributed by atoms with Gasteiger partial charge in [0.2, 0.25) is 5.88 Å². The molecule has 6 nitrogen and oxygen atoms in total. The summed E-state index contributed by atoms with van der Waals surface area (Å²) in [6.45, 7) is 2.31. The summed E-state index contributed by atoms with van der Waals surface area (Å²) in [4.78, 5) is 20.4. The summed E-state index contributed by atoms with van der Waals surface area (Å²) < 4.78 is 11.1. The average Bonchev–Trinajstić information content (AvgIpc) is 2.65. The first kappa shape index (κ1) is 16.4. The molecule has 0 saturated carbocycles. The highest BCUT2D eigenvalue weighted by molar-refractivity contribution is 6.03. The highest BCUT2D eigenvalue weighted by atomic mass is 16.5. The lowest BCUT2D eigenvalue weighted by Gasteiger charge is -2.12. The molecular weight excluding hydrogens is 318 g/mol. The van der Waals surface area contributed by atoms with Crippen molar-refractivity contribution < 1.29 is 14.3 Å². The van der Waals surface area contributed by atoms with Crippen LogP contribution >= 0.6 is 0 Å². The molecule has 0 aliphatic carbocycles. The van der Waals surface area contributed by atoms with Gasteiger partial charge in [0.25, 0.3) is 5.91 Å². The van der Waals surface area contributed by atoms with Crippen LogP contribution in [0.3, 0.4) is 0 Å². The molecular formula is C19H17N3O3. The van der Waals surface area contributed by atoms with Crippen molar-refractivity contribution in [2.24, 2.45) is 0 Å². The highest BCUT2D eigenvalue weighted by Gasteiger charge is 2.13. The van der Waals surface area contributed by atoms with Crippen molar-refractivity contribution >= 4 is 11.6 Å². The fraction of sp³-hybridized carbons (Fsp3) is 0.105. The number of ether oxygens (including phenoxy) is 2. The standard InChI is InChI=1S/C19H17N3O3/c1-2-24-18-12-16(20-13-21-18)19(23)22-15-10-6-7-11-17(15)25-14-8-4-3-5-9-14/h3-13H,2H2,1H3,(H,22,23). The van der Waals surface area contributed by atoms with Gasteiger partial charge in [-0.3, -0.25) is 4.79 Å². The number of amides is 1. The number of carbonyl (C=O) groups excluding carboxylic acids is 1. The minimum atomic E-state index is -0.368. The van der Waals surface area contributed by atoms with E-state index in [0.29, 0.717) is 29.7 Å². The minimum absolute atomic E-state index is 0.216. The van der Waals surface area contributed by atoms with Crippen molar-refractivity contribution in [3.05, 3.63) is 72.7 Å². The molecule has 1 heterocycles. The molecule has 25 heavy (non-hydrogen) atoms. The smallest absolute Gasteiger partial charge is 0.274 e. The molecule has 1 N–H and O–H groups in total. The number of carbonyl (C=O) groups is 1. The van der Waals surface area contributed by atoms with Crippen LogP contribution in [0.1, 0.15) is 17.4 Å². The third-order valence-electron chi connectivity index (χ3n) is 3.27. The van der Waals surface area contributed by atoms with Gasteiger partial charge in [-0.15, -0.1) is 0 Å². The van der Waals surface area contributed by atoms with E-state index < -0.39 is 0 Å². The molecule has 0 aliphatic heterocycles. The Morgan fingerprint density at radius 1 is 1.04 bits per heavy atom. The van der Waals surface area contributed by atoms with Gasteiger partial charge in [-0.1, -0.05) is 30.3 Å². The number of benzene rings is 2. The number of nitrogens with zero attached hydrogens (tertiary/aromatic N) is 2. The van der Waals surface area contributed by atoms with E-state index in [0.717, 1.165) is 0 Å². The van der Waals surface area contributed by atoms with Crippen LogP contribution < -0.4 is 14.8 Å². The van der Waals surface area contributed by atoms with Gasteiger partial charge in [-0.2, -0.15) is 0 Å². The molecule has 0 radical (unpaired) electrons. The van der Waals surface area contributed by atoms with Crippen LogP contribution in [0.5, 0.6) is 17.4 Å². The molecule has 0 atom stereocenters. The number of hydrogen-bond acceptors (Lipinski definition) is 5. The topological polar surface area (TPSA) is 73.3 Å². The second kappa shape index (κ2) is 7.92. The van der Waals surface area contributed by atoms with E-state index in [-0.39, 0.29) is 11.6 Å². The molecule has 0 bridgehead atoms. The molecule has 0 fully saturated rings. The monoisotopic (exact) mass is 335 g/mol. The SMILES string of the molecule is CCOc1cc(C(=O)Nc2ccccc2Oc2ccccc2)ncn1. The zero-order chi connectivity index (χ0) is 17.5.